The van der Waals surface area contributed by atoms with Crippen LogP contribution in [0.2, 0.25) is 0 Å². The highest BCUT2D eigenvalue weighted by Gasteiger charge is 2.08. The van der Waals surface area contributed by atoms with Crippen molar-refractivity contribution in [1.29, 1.82) is 0 Å². The zero-order valence-electron chi connectivity index (χ0n) is 11.2. The Kier molecular flexibility index (Phi) is 4.34. The van der Waals surface area contributed by atoms with Gasteiger partial charge in [-0.25, -0.2) is 10.3 Å². The molecule has 2 rings (SSSR count). The number of amides is 2. The van der Waals surface area contributed by atoms with Crippen molar-refractivity contribution in [2.45, 2.75) is 20.4 Å². The first kappa shape index (κ1) is 13.8. The molecule has 0 unspecified atom stereocenters. The normalized spacial score (nSPS) is 12.3. The molecular formula is C13H17N3O2S. The molecule has 0 aliphatic rings. The van der Waals surface area contributed by atoms with Crippen LogP contribution in [0.4, 0.5) is 4.79 Å². The van der Waals surface area contributed by atoms with Gasteiger partial charge in [-0.1, -0.05) is 37.3 Å². The van der Waals surface area contributed by atoms with Gasteiger partial charge in [0.05, 0.1) is 17.3 Å². The van der Waals surface area contributed by atoms with E-state index in [0.29, 0.717) is 10.7 Å². The van der Waals surface area contributed by atoms with Gasteiger partial charge in [0.25, 0.3) is 0 Å². The quantitative estimate of drug-likeness (QED) is 0.878. The molecule has 1 aromatic carbocycles. The number of nitrogens with zero attached hydrogens (tertiary/aromatic N) is 2. The molecule has 19 heavy (non-hydrogen) atoms. The highest BCUT2D eigenvalue weighted by Crippen LogP contribution is 2.17. The summed E-state index contributed by atoms with van der Waals surface area (Å²) in [7, 11) is 1.39. The number of carbonyl (C=O) groups excluding carboxylic acids is 1. The first-order valence-electron chi connectivity index (χ1n) is 6.08. The van der Waals surface area contributed by atoms with E-state index in [9.17, 15) is 4.79 Å². The van der Waals surface area contributed by atoms with E-state index >= 15 is 0 Å². The average Bonchev–Trinajstić information content (AvgIpc) is 2.67. The molecule has 1 heterocycles. The standard InChI is InChI=1S/C13H17N3O2S/c1-9(2)8-16-10-6-4-5-7-11(10)19-13(16)14-12(17)15-18-3/h4-7,9H,8H2,1-3H3,(H,15,17). The predicted molar refractivity (Wildman–Crippen MR) is 75.8 cm³/mol. The fourth-order valence-electron chi connectivity index (χ4n) is 1.84. The summed E-state index contributed by atoms with van der Waals surface area (Å²) < 4.78 is 3.19. The molecule has 0 spiro atoms. The third kappa shape index (κ3) is 3.21. The van der Waals surface area contributed by atoms with E-state index in [1.54, 1.807) is 0 Å². The van der Waals surface area contributed by atoms with E-state index in [1.807, 2.05) is 24.3 Å². The summed E-state index contributed by atoms with van der Waals surface area (Å²) in [6.07, 6.45) is 0. The monoisotopic (exact) mass is 279 g/mol. The number of hydrogen-bond acceptors (Lipinski definition) is 3. The van der Waals surface area contributed by atoms with Gasteiger partial charge in [0, 0.05) is 6.54 Å². The van der Waals surface area contributed by atoms with Crippen LogP contribution in [0.3, 0.4) is 0 Å². The van der Waals surface area contributed by atoms with Crippen molar-refractivity contribution in [3.8, 4) is 0 Å². The first-order valence-corrected chi connectivity index (χ1v) is 6.89. The van der Waals surface area contributed by atoms with Gasteiger partial charge in [-0.15, -0.1) is 0 Å². The third-order valence-electron chi connectivity index (χ3n) is 2.52. The number of rotatable bonds is 3. The van der Waals surface area contributed by atoms with E-state index in [4.69, 9.17) is 0 Å². The van der Waals surface area contributed by atoms with Crippen LogP contribution in [0, 0.1) is 5.92 Å². The number of hydroxylamine groups is 1. The van der Waals surface area contributed by atoms with Crippen LogP contribution >= 0.6 is 11.3 Å². The Morgan fingerprint density at radius 2 is 2.21 bits per heavy atom. The van der Waals surface area contributed by atoms with Crippen LogP contribution in [0.15, 0.2) is 29.3 Å². The van der Waals surface area contributed by atoms with E-state index in [0.717, 1.165) is 16.8 Å². The second-order valence-corrected chi connectivity index (χ2v) is 5.59. The second-order valence-electron chi connectivity index (χ2n) is 4.58. The topological polar surface area (TPSA) is 55.6 Å². The number of fused-ring (bicyclic) bond motifs is 1. The molecule has 2 amide bonds. The molecule has 0 aliphatic carbocycles. The maximum absolute atomic E-state index is 11.5. The molecule has 0 atom stereocenters. The smallest absolute Gasteiger partial charge is 0.316 e. The molecule has 2 aromatic rings. The minimum Gasteiger partial charge on any atom is -0.316 e. The van der Waals surface area contributed by atoms with Gasteiger partial charge in [-0.2, -0.15) is 4.99 Å². The lowest BCUT2D eigenvalue weighted by Gasteiger charge is -2.07. The minimum absolute atomic E-state index is 0.474. The fourth-order valence-corrected chi connectivity index (χ4v) is 2.88. The van der Waals surface area contributed by atoms with Crippen LogP contribution in [0.5, 0.6) is 0 Å². The number of para-hydroxylation sites is 1. The lowest BCUT2D eigenvalue weighted by Crippen LogP contribution is -2.24. The van der Waals surface area contributed by atoms with Crippen molar-refractivity contribution in [1.82, 2.24) is 10.0 Å². The molecule has 1 aromatic heterocycles. The van der Waals surface area contributed by atoms with Crippen molar-refractivity contribution in [3.63, 3.8) is 0 Å². The fraction of sp³-hybridized carbons (Fsp3) is 0.385. The zero-order valence-corrected chi connectivity index (χ0v) is 12.0. The number of aromatic nitrogens is 1. The molecule has 0 radical (unpaired) electrons. The van der Waals surface area contributed by atoms with Crippen LogP contribution < -0.4 is 10.3 Å². The van der Waals surface area contributed by atoms with E-state index in [1.165, 1.54) is 18.4 Å². The Bertz CT molecular complexity index is 643. The summed E-state index contributed by atoms with van der Waals surface area (Å²) >= 11 is 1.50. The highest BCUT2D eigenvalue weighted by atomic mass is 32.1. The molecule has 0 bridgehead atoms. The van der Waals surface area contributed by atoms with Crippen LogP contribution in [-0.2, 0) is 11.4 Å². The lowest BCUT2D eigenvalue weighted by molar-refractivity contribution is 0.112. The molecule has 0 saturated carbocycles. The predicted octanol–water partition coefficient (Wildman–Crippen LogP) is 2.53. The summed E-state index contributed by atoms with van der Waals surface area (Å²) in [5.74, 6) is 0.474. The van der Waals surface area contributed by atoms with Gasteiger partial charge in [0.15, 0.2) is 4.80 Å². The third-order valence-corrected chi connectivity index (χ3v) is 3.58. The zero-order chi connectivity index (χ0) is 13.8. The van der Waals surface area contributed by atoms with E-state index in [2.05, 4.69) is 33.7 Å². The molecule has 1 N–H and O–H groups in total. The molecule has 0 saturated heterocycles. The van der Waals surface area contributed by atoms with Gasteiger partial charge in [0.2, 0.25) is 0 Å². The molecule has 0 fully saturated rings. The number of carbonyl (C=O) groups is 1. The summed E-state index contributed by atoms with van der Waals surface area (Å²) in [6, 6.07) is 7.56. The van der Waals surface area contributed by atoms with E-state index in [-0.39, 0.29) is 0 Å². The van der Waals surface area contributed by atoms with Crippen molar-refractivity contribution >= 4 is 27.6 Å². The van der Waals surface area contributed by atoms with Crippen molar-refractivity contribution in [2.24, 2.45) is 10.9 Å². The largest absolute Gasteiger partial charge is 0.367 e. The van der Waals surface area contributed by atoms with E-state index < -0.39 is 6.03 Å². The Morgan fingerprint density at radius 1 is 1.47 bits per heavy atom. The lowest BCUT2D eigenvalue weighted by atomic mass is 10.2. The SMILES string of the molecule is CONC(=O)N=c1sc2ccccc2n1CC(C)C. The number of thiazole rings is 1. The number of urea groups is 1. The van der Waals surface area contributed by atoms with Gasteiger partial charge >= 0.3 is 6.03 Å². The molecule has 6 heteroatoms. The minimum atomic E-state index is -0.494. The maximum Gasteiger partial charge on any atom is 0.367 e. The number of nitrogens with one attached hydrogen (secondary N) is 1. The van der Waals surface area contributed by atoms with Gasteiger partial charge in [-0.05, 0) is 18.1 Å². The molecule has 5 nitrogen and oxygen atoms in total. The van der Waals surface area contributed by atoms with Crippen molar-refractivity contribution in [3.05, 3.63) is 29.1 Å². The molecular weight excluding hydrogens is 262 g/mol. The van der Waals surface area contributed by atoms with Crippen molar-refractivity contribution < 1.29 is 9.63 Å². The molecule has 0 aliphatic heterocycles. The van der Waals surface area contributed by atoms with Crippen LogP contribution in [0.1, 0.15) is 13.8 Å². The highest BCUT2D eigenvalue weighted by molar-refractivity contribution is 7.16. The summed E-state index contributed by atoms with van der Waals surface area (Å²) in [6.45, 7) is 5.10. The summed E-state index contributed by atoms with van der Waals surface area (Å²) in [4.78, 5) is 20.8. The second kappa shape index (κ2) is 5.99. The number of hydrogen-bond donors (Lipinski definition) is 1. The van der Waals surface area contributed by atoms with Gasteiger partial charge in [-0.3, -0.25) is 4.84 Å². The number of benzene rings is 1. The van der Waals surface area contributed by atoms with Crippen LogP contribution in [0.25, 0.3) is 10.2 Å². The first-order chi connectivity index (χ1) is 9.11. The molecule has 102 valence electrons. The summed E-state index contributed by atoms with van der Waals surface area (Å²) in [5, 5.41) is 0. The van der Waals surface area contributed by atoms with Gasteiger partial charge < -0.3 is 4.57 Å². The summed E-state index contributed by atoms with van der Waals surface area (Å²) in [5.41, 5.74) is 3.31. The Hall–Kier alpha value is -1.66. The average molecular weight is 279 g/mol. The van der Waals surface area contributed by atoms with Crippen molar-refractivity contribution in [2.75, 3.05) is 7.11 Å². The Balaban J connectivity index is 2.55. The maximum atomic E-state index is 11.5. The van der Waals surface area contributed by atoms with Crippen LogP contribution in [-0.4, -0.2) is 17.7 Å². The Labute approximate surface area is 115 Å². The Morgan fingerprint density at radius 3 is 2.89 bits per heavy atom. The van der Waals surface area contributed by atoms with Gasteiger partial charge in [0.1, 0.15) is 0 Å².